The van der Waals surface area contributed by atoms with Crippen LogP contribution in [-0.2, 0) is 13.0 Å². The Hall–Kier alpha value is -2.87. The summed E-state index contributed by atoms with van der Waals surface area (Å²) in [6.45, 7) is 38.7. The minimum atomic E-state index is -0.216. The van der Waals surface area contributed by atoms with Gasteiger partial charge in [0.05, 0.1) is 0 Å². The lowest BCUT2D eigenvalue weighted by molar-refractivity contribution is 0.469. The highest BCUT2D eigenvalue weighted by Crippen LogP contribution is 2.27. The van der Waals surface area contributed by atoms with Crippen LogP contribution in [0.25, 0.3) is 0 Å². The van der Waals surface area contributed by atoms with E-state index in [1.807, 2.05) is 65.8 Å². The van der Waals surface area contributed by atoms with Crippen LogP contribution < -0.4 is 4.90 Å². The first-order valence-electron chi connectivity index (χ1n) is 17.0. The van der Waals surface area contributed by atoms with E-state index < -0.39 is 0 Å². The fourth-order valence-corrected chi connectivity index (χ4v) is 4.19. The van der Waals surface area contributed by atoms with Gasteiger partial charge in [-0.05, 0) is 87.1 Å². The van der Waals surface area contributed by atoms with Gasteiger partial charge < -0.3 is 4.90 Å². The Kier molecular flexibility index (Phi) is 28.6. The molecule has 0 radical (unpaired) electrons. The van der Waals surface area contributed by atoms with Crippen molar-refractivity contribution < 1.29 is 4.39 Å². The van der Waals surface area contributed by atoms with E-state index in [-0.39, 0.29) is 5.82 Å². The first kappa shape index (κ1) is 45.6. The van der Waals surface area contributed by atoms with E-state index in [1.54, 1.807) is 6.07 Å². The molecule has 1 nitrogen and oxygen atoms in total. The topological polar surface area (TPSA) is 3.24 Å². The van der Waals surface area contributed by atoms with Crippen molar-refractivity contribution in [3.05, 3.63) is 113 Å². The molecule has 0 atom stereocenters. The van der Waals surface area contributed by atoms with Crippen LogP contribution in [0.4, 0.5) is 10.1 Å². The predicted octanol–water partition coefficient (Wildman–Crippen LogP) is 13.9. The zero-order valence-electron chi connectivity index (χ0n) is 31.7. The monoisotopic (exact) mass is 608 g/mol. The highest BCUT2D eigenvalue weighted by Gasteiger charge is 2.14. The molecule has 44 heavy (non-hydrogen) atoms. The minimum absolute atomic E-state index is 0.216. The molecule has 0 saturated carbocycles. The van der Waals surface area contributed by atoms with Gasteiger partial charge in [-0.3, -0.25) is 0 Å². The molecule has 0 aliphatic heterocycles. The molecule has 3 aromatic carbocycles. The number of benzene rings is 3. The number of hydrogen-bond donors (Lipinski definition) is 0. The molecule has 250 valence electrons. The van der Waals surface area contributed by atoms with Crippen LogP contribution in [0.3, 0.4) is 0 Å². The van der Waals surface area contributed by atoms with Crippen LogP contribution in [0.15, 0.2) is 79.0 Å². The third-order valence-corrected chi connectivity index (χ3v) is 5.88. The summed E-state index contributed by atoms with van der Waals surface area (Å²) >= 11 is 0. The summed E-state index contributed by atoms with van der Waals surface area (Å²) in [6, 6.07) is 21.7. The lowest BCUT2D eigenvalue weighted by Crippen LogP contribution is -2.21. The van der Waals surface area contributed by atoms with Crippen LogP contribution >= 0.6 is 0 Å². The van der Waals surface area contributed by atoms with Gasteiger partial charge in [-0.2, -0.15) is 0 Å². The number of aryl methyl sites for hydroxylation is 4. The van der Waals surface area contributed by atoms with E-state index in [9.17, 15) is 4.39 Å². The van der Waals surface area contributed by atoms with Crippen molar-refractivity contribution >= 4 is 5.69 Å². The Labute approximate surface area is 275 Å². The maximum Gasteiger partial charge on any atom is 0.125 e. The first-order valence-corrected chi connectivity index (χ1v) is 17.0. The average molecular weight is 608 g/mol. The van der Waals surface area contributed by atoms with E-state index >= 15 is 0 Å². The molecule has 0 heterocycles. The second kappa shape index (κ2) is 27.7. The van der Waals surface area contributed by atoms with E-state index in [0.717, 1.165) is 41.1 Å². The van der Waals surface area contributed by atoms with Gasteiger partial charge in [0.15, 0.2) is 0 Å². The number of anilines is 1. The zero-order chi connectivity index (χ0) is 34.8. The molecule has 0 unspecified atom stereocenters. The van der Waals surface area contributed by atoms with Crippen molar-refractivity contribution in [3.63, 3.8) is 0 Å². The molecule has 3 rings (SSSR count). The van der Waals surface area contributed by atoms with Crippen molar-refractivity contribution in [2.75, 3.05) is 4.90 Å². The van der Waals surface area contributed by atoms with Gasteiger partial charge in [0.25, 0.3) is 0 Å². The molecule has 3 aromatic rings. The number of hydrogen-bond acceptors (Lipinski definition) is 1. The second-order valence-corrected chi connectivity index (χ2v) is 12.3. The highest BCUT2D eigenvalue weighted by atomic mass is 19.1. The number of rotatable bonds is 7. The molecule has 0 spiro atoms. The van der Waals surface area contributed by atoms with Gasteiger partial charge in [-0.1, -0.05) is 155 Å². The highest BCUT2D eigenvalue weighted by molar-refractivity contribution is 5.58. The molecule has 2 heteroatoms. The smallest absolute Gasteiger partial charge is 0.125 e. The largest absolute Gasteiger partial charge is 0.341 e. The third kappa shape index (κ3) is 23.6. The fourth-order valence-electron chi connectivity index (χ4n) is 4.19. The summed E-state index contributed by atoms with van der Waals surface area (Å²) in [5.74, 6) is 2.37. The molecule has 0 fully saturated rings. The third-order valence-electron chi connectivity index (χ3n) is 5.88. The fraction of sp³-hybridized carbons (Fsp3) is 0.524. The summed E-state index contributed by atoms with van der Waals surface area (Å²) in [7, 11) is 0. The second-order valence-electron chi connectivity index (χ2n) is 12.3. The van der Waals surface area contributed by atoms with Gasteiger partial charge >= 0.3 is 0 Å². The Bertz CT molecular complexity index is 1090. The number of nitrogens with zero attached hydrogens (tertiary/aromatic N) is 1. The van der Waals surface area contributed by atoms with Crippen LogP contribution in [0, 0.1) is 44.3 Å². The summed E-state index contributed by atoms with van der Waals surface area (Å²) in [5.41, 5.74) is 8.01. The van der Waals surface area contributed by atoms with Gasteiger partial charge in [-0.25, -0.2) is 4.39 Å². The van der Waals surface area contributed by atoms with E-state index in [2.05, 4.69) is 111 Å². The van der Waals surface area contributed by atoms with Gasteiger partial charge in [0, 0.05) is 17.9 Å². The maximum atomic E-state index is 13.7. The van der Waals surface area contributed by atoms with Crippen molar-refractivity contribution in [1.82, 2.24) is 0 Å². The van der Waals surface area contributed by atoms with E-state index in [0.29, 0.717) is 6.54 Å². The Balaban J connectivity index is -0.000000623. The van der Waals surface area contributed by atoms with Gasteiger partial charge in [0.2, 0.25) is 0 Å². The number of halogens is 1. The molecule has 0 aromatic heterocycles. The molecule has 0 amide bonds. The molecular weight excluding hydrogens is 537 g/mol. The molecule has 0 aliphatic carbocycles. The van der Waals surface area contributed by atoms with Crippen LogP contribution in [0.5, 0.6) is 0 Å². The molecular formula is C42H70FN. The summed E-state index contributed by atoms with van der Waals surface area (Å²) < 4.78 is 13.7. The maximum absolute atomic E-state index is 13.7. The van der Waals surface area contributed by atoms with Crippen LogP contribution in [0.1, 0.15) is 124 Å². The normalized spacial score (nSPS) is 9.55. The lowest BCUT2D eigenvalue weighted by atomic mass is 10.0. The van der Waals surface area contributed by atoms with Gasteiger partial charge in [-0.15, -0.1) is 0 Å². The molecule has 0 saturated heterocycles. The molecule has 0 bridgehead atoms. The zero-order valence-corrected chi connectivity index (χ0v) is 31.7. The summed E-state index contributed by atoms with van der Waals surface area (Å²) in [6.07, 6.45) is 2.35. The Morgan fingerprint density at radius 3 is 1.57 bits per heavy atom. The predicted molar refractivity (Wildman–Crippen MR) is 201 cm³/mol. The summed E-state index contributed by atoms with van der Waals surface area (Å²) in [4.78, 5) is 2.09. The van der Waals surface area contributed by atoms with Crippen molar-refractivity contribution in [1.29, 1.82) is 0 Å². The minimum Gasteiger partial charge on any atom is -0.341 e. The average Bonchev–Trinajstić information content (AvgIpc) is 2.95. The Morgan fingerprint density at radius 2 is 1.20 bits per heavy atom. The lowest BCUT2D eigenvalue weighted by Gasteiger charge is -2.28. The Morgan fingerprint density at radius 1 is 0.705 bits per heavy atom. The van der Waals surface area contributed by atoms with Crippen molar-refractivity contribution in [2.24, 2.45) is 17.8 Å². The summed E-state index contributed by atoms with van der Waals surface area (Å²) in [5, 5.41) is 0. The molecule has 0 N–H and O–H groups in total. The number of allylic oxidation sites excluding steroid dienone is 1. The standard InChI is InChI=1S/C20H24FN.C7H8.C7H16.C4H10.2C2H6/c1-6-17-9-7-15(4)11-18(17)13-22(14(2)3)20-12-19(21)10-8-16(20)5;1-7-5-3-2-4-6-7;1-6(2)5-7(3)4;1-4(2)3;2*1-2/h7-12H,2,6,13H2,1,3-5H3;2-6H,1H3;6-7H,5H2,1-4H3;4H,1-3H3;2*1-2H3. The van der Waals surface area contributed by atoms with Crippen molar-refractivity contribution in [3.8, 4) is 0 Å². The van der Waals surface area contributed by atoms with Crippen LogP contribution in [0.2, 0.25) is 0 Å². The van der Waals surface area contributed by atoms with Crippen LogP contribution in [-0.4, -0.2) is 0 Å². The van der Waals surface area contributed by atoms with E-state index in [4.69, 9.17) is 0 Å². The van der Waals surface area contributed by atoms with E-state index in [1.165, 1.54) is 34.7 Å². The quantitative estimate of drug-likeness (QED) is 0.258. The molecule has 0 aliphatic rings. The first-order chi connectivity index (χ1) is 20.7. The van der Waals surface area contributed by atoms with Crippen molar-refractivity contribution in [2.45, 2.75) is 130 Å². The SMILES string of the molecule is C=C(C)N(Cc1cc(C)ccc1CC)c1cc(F)ccc1C.CC.CC.CC(C)C.CC(C)CC(C)C.Cc1ccccc1. The van der Waals surface area contributed by atoms with Gasteiger partial charge in [0.1, 0.15) is 5.82 Å².